The summed E-state index contributed by atoms with van der Waals surface area (Å²) in [5.41, 5.74) is 0.207. The number of halogens is 3. The largest absolute Gasteiger partial charge is 0.378 e. The molecule has 0 unspecified atom stereocenters. The number of hydrogen-bond donors (Lipinski definition) is 1. The molecule has 1 aliphatic heterocycles. The van der Waals surface area contributed by atoms with Crippen LogP contribution in [0.3, 0.4) is 0 Å². The minimum Gasteiger partial charge on any atom is -0.378 e. The molecule has 1 aliphatic rings. The number of nitrogens with one attached hydrogen (secondary N) is 1. The van der Waals surface area contributed by atoms with Gasteiger partial charge in [-0.2, -0.15) is 10.2 Å². The van der Waals surface area contributed by atoms with Crippen LogP contribution in [0.15, 0.2) is 42.7 Å². The number of hydrogen-bond acceptors (Lipinski definition) is 6. The van der Waals surface area contributed by atoms with Crippen molar-refractivity contribution in [2.45, 2.75) is 19.9 Å². The van der Waals surface area contributed by atoms with Crippen LogP contribution in [0.2, 0.25) is 0 Å². The molecule has 13 heteroatoms. The Labute approximate surface area is 208 Å². The highest BCUT2D eigenvalue weighted by Crippen LogP contribution is 2.28. The minimum absolute atomic E-state index is 0.0834. The number of ether oxygens (including phenoxy) is 1. The van der Waals surface area contributed by atoms with Gasteiger partial charge < -0.3 is 15.0 Å². The molecule has 1 saturated heterocycles. The summed E-state index contributed by atoms with van der Waals surface area (Å²) >= 11 is 0. The molecule has 0 radical (unpaired) electrons. The van der Waals surface area contributed by atoms with Gasteiger partial charge in [0.15, 0.2) is 5.65 Å². The zero-order valence-electron chi connectivity index (χ0n) is 19.7. The smallest absolute Gasteiger partial charge is 0.280 e. The number of morpholine rings is 1. The van der Waals surface area contributed by atoms with Crippen LogP contribution < -0.4 is 5.32 Å². The maximum absolute atomic E-state index is 13.9. The van der Waals surface area contributed by atoms with E-state index in [-0.39, 0.29) is 34.2 Å². The first-order chi connectivity index (χ1) is 17.9. The summed E-state index contributed by atoms with van der Waals surface area (Å²) in [6.07, 6.45) is -0.421. The molecular formula is C24H22F3N7O3. The molecule has 0 atom stereocenters. The van der Waals surface area contributed by atoms with Crippen LogP contribution >= 0.6 is 0 Å². The van der Waals surface area contributed by atoms with Gasteiger partial charge in [0.25, 0.3) is 18.2 Å². The van der Waals surface area contributed by atoms with Crippen molar-refractivity contribution >= 4 is 23.1 Å². The molecule has 0 saturated carbocycles. The van der Waals surface area contributed by atoms with Gasteiger partial charge in [0.1, 0.15) is 22.8 Å². The second-order valence-electron chi connectivity index (χ2n) is 8.25. The second kappa shape index (κ2) is 10.0. The Balaban J connectivity index is 1.52. The van der Waals surface area contributed by atoms with Gasteiger partial charge in [-0.05, 0) is 37.3 Å². The van der Waals surface area contributed by atoms with Crippen molar-refractivity contribution in [1.29, 1.82) is 0 Å². The molecule has 1 aromatic carbocycles. The summed E-state index contributed by atoms with van der Waals surface area (Å²) in [4.78, 5) is 32.5. The average Bonchev–Trinajstić information content (AvgIpc) is 3.52. The van der Waals surface area contributed by atoms with Gasteiger partial charge in [0.2, 0.25) is 0 Å². The molecule has 4 heterocycles. The van der Waals surface area contributed by atoms with E-state index in [0.717, 1.165) is 16.8 Å². The fourth-order valence-electron chi connectivity index (χ4n) is 4.12. The van der Waals surface area contributed by atoms with E-state index in [9.17, 15) is 22.8 Å². The summed E-state index contributed by atoms with van der Waals surface area (Å²) in [5, 5.41) is 10.8. The summed E-state index contributed by atoms with van der Waals surface area (Å²) in [6, 6.07) is 6.33. The standard InChI is InChI=1S/C24H22F3N7O3/c1-2-33-20(24(36)32-7-9-37-10-8-32)18(13-28-33)31-23(35)16-12-29-34-19(21(26)27)11-17(30-22(16)34)14-3-5-15(25)6-4-14/h3-6,11-13,21H,2,7-10H2,1H3,(H,31,35). The zero-order chi connectivity index (χ0) is 26.1. The van der Waals surface area contributed by atoms with Crippen molar-refractivity contribution < 1.29 is 27.5 Å². The lowest BCUT2D eigenvalue weighted by Crippen LogP contribution is -2.41. The van der Waals surface area contributed by atoms with E-state index in [4.69, 9.17) is 4.74 Å². The molecule has 10 nitrogen and oxygen atoms in total. The topological polar surface area (TPSA) is 107 Å². The molecule has 0 spiro atoms. The third-order valence-corrected chi connectivity index (χ3v) is 6.00. The van der Waals surface area contributed by atoms with Gasteiger partial charge in [-0.1, -0.05) is 0 Å². The summed E-state index contributed by atoms with van der Waals surface area (Å²) in [7, 11) is 0. The Morgan fingerprint density at radius 3 is 2.51 bits per heavy atom. The number of anilines is 1. The first-order valence-electron chi connectivity index (χ1n) is 11.5. The molecule has 4 aromatic rings. The zero-order valence-corrected chi connectivity index (χ0v) is 19.7. The van der Waals surface area contributed by atoms with Gasteiger partial charge in [-0.15, -0.1) is 0 Å². The fraction of sp³-hybridized carbons (Fsp3) is 0.292. The number of alkyl halides is 2. The molecule has 37 heavy (non-hydrogen) atoms. The lowest BCUT2D eigenvalue weighted by Gasteiger charge is -2.27. The number of fused-ring (bicyclic) bond motifs is 1. The molecular weight excluding hydrogens is 491 g/mol. The Hall–Kier alpha value is -4.26. The summed E-state index contributed by atoms with van der Waals surface area (Å²) < 4.78 is 48.8. The molecule has 5 rings (SSSR count). The van der Waals surface area contributed by atoms with Crippen LogP contribution in [0.4, 0.5) is 18.9 Å². The van der Waals surface area contributed by atoms with E-state index in [1.165, 1.54) is 35.1 Å². The van der Waals surface area contributed by atoms with Gasteiger partial charge in [-0.25, -0.2) is 22.7 Å². The van der Waals surface area contributed by atoms with Crippen molar-refractivity contribution in [2.24, 2.45) is 0 Å². The van der Waals surface area contributed by atoms with E-state index in [1.54, 1.807) is 4.90 Å². The number of benzene rings is 1. The first-order valence-corrected chi connectivity index (χ1v) is 11.5. The monoisotopic (exact) mass is 513 g/mol. The predicted octanol–water partition coefficient (Wildman–Crippen LogP) is 3.41. The van der Waals surface area contributed by atoms with E-state index in [2.05, 4.69) is 20.5 Å². The Bertz CT molecular complexity index is 1460. The molecule has 0 bridgehead atoms. The lowest BCUT2D eigenvalue weighted by atomic mass is 10.1. The third kappa shape index (κ3) is 4.65. The number of aryl methyl sites for hydroxylation is 1. The number of carbonyl (C=O) groups excluding carboxylic acids is 2. The van der Waals surface area contributed by atoms with Crippen molar-refractivity contribution in [3.63, 3.8) is 0 Å². The van der Waals surface area contributed by atoms with Crippen molar-refractivity contribution in [2.75, 3.05) is 31.6 Å². The van der Waals surface area contributed by atoms with Crippen molar-refractivity contribution in [3.05, 3.63) is 65.5 Å². The number of aromatic nitrogens is 5. The molecule has 3 aromatic heterocycles. The highest BCUT2D eigenvalue weighted by molar-refractivity contribution is 6.11. The molecule has 192 valence electrons. The Kier molecular flexibility index (Phi) is 6.61. The van der Waals surface area contributed by atoms with Gasteiger partial charge in [-0.3, -0.25) is 14.3 Å². The van der Waals surface area contributed by atoms with Crippen LogP contribution in [-0.2, 0) is 11.3 Å². The SMILES string of the molecule is CCn1ncc(NC(=O)c2cnn3c(C(F)F)cc(-c4ccc(F)cc4)nc23)c1C(=O)N1CCOCC1. The normalized spacial score (nSPS) is 13.9. The quantitative estimate of drug-likeness (QED) is 0.424. The van der Waals surface area contributed by atoms with Crippen LogP contribution in [0.5, 0.6) is 0 Å². The number of rotatable bonds is 6. The minimum atomic E-state index is -2.92. The van der Waals surface area contributed by atoms with Gasteiger partial charge >= 0.3 is 0 Å². The maximum Gasteiger partial charge on any atom is 0.280 e. The second-order valence-corrected chi connectivity index (χ2v) is 8.25. The van der Waals surface area contributed by atoms with Crippen molar-refractivity contribution in [1.82, 2.24) is 29.3 Å². The lowest BCUT2D eigenvalue weighted by molar-refractivity contribution is 0.0295. The van der Waals surface area contributed by atoms with Crippen LogP contribution in [0.1, 0.15) is 39.9 Å². The number of carbonyl (C=O) groups is 2. The molecule has 2 amide bonds. The van der Waals surface area contributed by atoms with E-state index < -0.39 is 23.8 Å². The highest BCUT2D eigenvalue weighted by Gasteiger charge is 2.28. The number of amides is 2. The predicted molar refractivity (Wildman–Crippen MR) is 126 cm³/mol. The van der Waals surface area contributed by atoms with E-state index >= 15 is 0 Å². The summed E-state index contributed by atoms with van der Waals surface area (Å²) in [6.45, 7) is 3.82. The molecule has 0 aliphatic carbocycles. The third-order valence-electron chi connectivity index (χ3n) is 6.00. The number of nitrogens with zero attached hydrogens (tertiary/aromatic N) is 6. The molecule has 1 N–H and O–H groups in total. The van der Waals surface area contributed by atoms with Crippen LogP contribution in [0.25, 0.3) is 16.9 Å². The van der Waals surface area contributed by atoms with Crippen molar-refractivity contribution in [3.8, 4) is 11.3 Å². The Morgan fingerprint density at radius 2 is 1.84 bits per heavy atom. The van der Waals surface area contributed by atoms with E-state index in [0.29, 0.717) is 38.4 Å². The molecule has 1 fully saturated rings. The first kappa shape index (κ1) is 24.4. The fourth-order valence-corrected chi connectivity index (χ4v) is 4.12. The maximum atomic E-state index is 13.9. The van der Waals surface area contributed by atoms with Gasteiger partial charge in [0.05, 0.1) is 37.0 Å². The Morgan fingerprint density at radius 1 is 1.11 bits per heavy atom. The highest BCUT2D eigenvalue weighted by atomic mass is 19.3. The van der Waals surface area contributed by atoms with Gasteiger partial charge in [0, 0.05) is 25.2 Å². The van der Waals surface area contributed by atoms with E-state index in [1.807, 2.05) is 6.92 Å². The average molecular weight is 513 g/mol. The summed E-state index contributed by atoms with van der Waals surface area (Å²) in [5.74, 6) is -1.50. The van der Waals surface area contributed by atoms with Crippen LogP contribution in [0, 0.1) is 5.82 Å². The van der Waals surface area contributed by atoms with Crippen LogP contribution in [-0.4, -0.2) is 67.4 Å².